The van der Waals surface area contributed by atoms with Crippen molar-refractivity contribution in [2.24, 2.45) is 11.3 Å². The molecule has 0 atom stereocenters. The van der Waals surface area contributed by atoms with Gasteiger partial charge in [-0.15, -0.1) is 11.6 Å². The average Bonchev–Trinajstić information content (AvgIpc) is 2.88. The molecule has 0 saturated heterocycles. The van der Waals surface area contributed by atoms with Crippen LogP contribution in [0.3, 0.4) is 0 Å². The summed E-state index contributed by atoms with van der Waals surface area (Å²) in [4.78, 5) is 50.3. The molecule has 1 aromatic rings. The fourth-order valence-electron chi connectivity index (χ4n) is 2.72. The van der Waals surface area contributed by atoms with Crippen molar-refractivity contribution in [2.75, 3.05) is 25.5 Å². The Morgan fingerprint density at radius 1 is 1.07 bits per heavy atom. The quantitative estimate of drug-likeness (QED) is 0.391. The van der Waals surface area contributed by atoms with Crippen LogP contribution in [-0.4, -0.2) is 54.0 Å². The van der Waals surface area contributed by atoms with Gasteiger partial charge in [-0.1, -0.05) is 13.8 Å². The number of fused-ring (bicyclic) bond motifs is 1. The molecular formula is C20H26ClN3O4. The molecule has 0 unspecified atom stereocenters. The molecule has 1 aliphatic heterocycles. The van der Waals surface area contributed by atoms with Gasteiger partial charge in [0.2, 0.25) is 5.91 Å². The van der Waals surface area contributed by atoms with Crippen LogP contribution in [-0.2, 0) is 4.79 Å². The fraction of sp³-hybridized carbons (Fsp3) is 0.500. The maximum absolute atomic E-state index is 12.5. The minimum absolute atomic E-state index is 0.156. The smallest absolute Gasteiger partial charge is 0.261 e. The van der Waals surface area contributed by atoms with Crippen LogP contribution in [0.1, 0.15) is 58.8 Å². The summed E-state index contributed by atoms with van der Waals surface area (Å²) < 4.78 is 0. The molecule has 0 fully saturated rings. The largest absolute Gasteiger partial charge is 0.354 e. The van der Waals surface area contributed by atoms with E-state index in [2.05, 4.69) is 10.6 Å². The van der Waals surface area contributed by atoms with Crippen LogP contribution in [0.15, 0.2) is 18.2 Å². The number of nitrogens with one attached hydrogen (secondary N) is 2. The summed E-state index contributed by atoms with van der Waals surface area (Å²) in [6.45, 7) is 8.15. The van der Waals surface area contributed by atoms with Gasteiger partial charge in [0.25, 0.3) is 17.7 Å². The molecule has 1 aromatic carbocycles. The number of amides is 4. The Balaban J connectivity index is 1.96. The number of nitrogens with zero attached hydrogens (tertiary/aromatic N) is 1. The first-order chi connectivity index (χ1) is 13.1. The molecule has 0 spiro atoms. The van der Waals surface area contributed by atoms with E-state index in [1.54, 1.807) is 13.8 Å². The summed E-state index contributed by atoms with van der Waals surface area (Å²) in [7, 11) is 0. The molecule has 8 heteroatoms. The number of benzene rings is 1. The lowest BCUT2D eigenvalue weighted by Crippen LogP contribution is -2.41. The van der Waals surface area contributed by atoms with E-state index in [1.165, 1.54) is 23.1 Å². The number of carbonyl (C=O) groups excluding carboxylic acids is 4. The first-order valence-corrected chi connectivity index (χ1v) is 9.74. The summed E-state index contributed by atoms with van der Waals surface area (Å²) in [5.74, 6) is -0.922. The van der Waals surface area contributed by atoms with Gasteiger partial charge >= 0.3 is 0 Å². The number of rotatable bonds is 8. The van der Waals surface area contributed by atoms with Gasteiger partial charge in [0.05, 0.1) is 16.5 Å². The van der Waals surface area contributed by atoms with E-state index in [1.807, 2.05) is 13.8 Å². The lowest BCUT2D eigenvalue weighted by Gasteiger charge is -2.20. The SMILES string of the molecule is CC(C)CN1C(=O)c2ccc(C(=O)NCCNC(=O)C(C)(C)CCl)cc2C1=O. The third-order valence-electron chi connectivity index (χ3n) is 4.43. The minimum Gasteiger partial charge on any atom is -0.354 e. The van der Waals surface area contributed by atoms with E-state index in [-0.39, 0.29) is 54.1 Å². The standard InChI is InChI=1S/C20H26ClN3O4/c1-12(2)10-24-17(26)14-6-5-13(9-15(14)18(24)27)16(25)22-7-8-23-19(28)20(3,4)11-21/h5-6,9,12H,7-8,10-11H2,1-4H3,(H,22,25)(H,23,28). The molecule has 0 saturated carbocycles. The minimum atomic E-state index is -0.680. The van der Waals surface area contributed by atoms with Crippen molar-refractivity contribution in [1.82, 2.24) is 15.5 Å². The Kier molecular flexibility index (Phi) is 6.82. The molecule has 7 nitrogen and oxygen atoms in total. The van der Waals surface area contributed by atoms with Gasteiger partial charge in [-0.25, -0.2) is 0 Å². The highest BCUT2D eigenvalue weighted by Gasteiger charge is 2.36. The van der Waals surface area contributed by atoms with E-state index in [0.717, 1.165) is 0 Å². The zero-order valence-corrected chi connectivity index (χ0v) is 17.4. The molecule has 4 amide bonds. The van der Waals surface area contributed by atoms with Crippen molar-refractivity contribution < 1.29 is 19.2 Å². The topological polar surface area (TPSA) is 95.6 Å². The Labute approximate surface area is 169 Å². The Morgan fingerprint density at radius 2 is 1.68 bits per heavy atom. The summed E-state index contributed by atoms with van der Waals surface area (Å²) in [6.07, 6.45) is 0. The van der Waals surface area contributed by atoms with Crippen molar-refractivity contribution in [3.05, 3.63) is 34.9 Å². The fourth-order valence-corrected chi connectivity index (χ4v) is 2.84. The molecule has 0 aliphatic carbocycles. The van der Waals surface area contributed by atoms with Crippen LogP contribution < -0.4 is 10.6 Å². The van der Waals surface area contributed by atoms with Crippen LogP contribution in [0.25, 0.3) is 0 Å². The third kappa shape index (κ3) is 4.70. The van der Waals surface area contributed by atoms with Crippen molar-refractivity contribution >= 4 is 35.2 Å². The van der Waals surface area contributed by atoms with Crippen molar-refractivity contribution in [1.29, 1.82) is 0 Å². The average molecular weight is 408 g/mol. The zero-order chi connectivity index (χ0) is 21.1. The van der Waals surface area contributed by atoms with E-state index < -0.39 is 5.41 Å². The lowest BCUT2D eigenvalue weighted by atomic mass is 9.95. The highest BCUT2D eigenvalue weighted by atomic mass is 35.5. The van der Waals surface area contributed by atoms with E-state index in [0.29, 0.717) is 17.7 Å². The van der Waals surface area contributed by atoms with E-state index in [9.17, 15) is 19.2 Å². The summed E-state index contributed by atoms with van der Waals surface area (Å²) in [6, 6.07) is 4.48. The predicted molar refractivity (Wildman–Crippen MR) is 106 cm³/mol. The predicted octanol–water partition coefficient (Wildman–Crippen LogP) is 2.05. The third-order valence-corrected chi connectivity index (χ3v) is 5.09. The summed E-state index contributed by atoms with van der Waals surface area (Å²) in [5.41, 5.74) is 0.173. The number of imide groups is 1. The van der Waals surface area contributed by atoms with Gasteiger partial charge in [0, 0.05) is 31.1 Å². The van der Waals surface area contributed by atoms with Crippen molar-refractivity contribution in [2.45, 2.75) is 27.7 Å². The number of halogens is 1. The van der Waals surface area contributed by atoms with Gasteiger partial charge < -0.3 is 10.6 Å². The van der Waals surface area contributed by atoms with Crippen LogP contribution in [0.2, 0.25) is 0 Å². The molecular weight excluding hydrogens is 382 g/mol. The normalized spacial score (nSPS) is 13.7. The molecule has 0 bridgehead atoms. The Hall–Kier alpha value is -2.41. The molecule has 2 rings (SSSR count). The molecule has 1 aliphatic rings. The maximum atomic E-state index is 12.5. The Bertz CT molecular complexity index is 805. The van der Waals surface area contributed by atoms with E-state index >= 15 is 0 Å². The van der Waals surface area contributed by atoms with Gasteiger partial charge in [-0.05, 0) is 38.0 Å². The lowest BCUT2D eigenvalue weighted by molar-refractivity contribution is -0.128. The number of carbonyl (C=O) groups is 4. The van der Waals surface area contributed by atoms with E-state index in [4.69, 9.17) is 11.6 Å². The molecule has 1 heterocycles. The van der Waals surface area contributed by atoms with Crippen molar-refractivity contribution in [3.8, 4) is 0 Å². The molecule has 0 radical (unpaired) electrons. The number of hydrogen-bond donors (Lipinski definition) is 2. The second kappa shape index (κ2) is 8.73. The second-order valence-electron chi connectivity index (χ2n) is 7.90. The van der Waals surface area contributed by atoms with Crippen LogP contribution in [0, 0.1) is 11.3 Å². The highest BCUT2D eigenvalue weighted by molar-refractivity contribution is 6.22. The number of alkyl halides is 1. The summed E-state index contributed by atoms with van der Waals surface area (Å²) >= 11 is 5.75. The molecule has 2 N–H and O–H groups in total. The number of hydrogen-bond acceptors (Lipinski definition) is 4. The van der Waals surface area contributed by atoms with Crippen LogP contribution >= 0.6 is 11.6 Å². The van der Waals surface area contributed by atoms with Gasteiger partial charge in [0.15, 0.2) is 0 Å². The maximum Gasteiger partial charge on any atom is 0.261 e. The van der Waals surface area contributed by atoms with Crippen LogP contribution in [0.4, 0.5) is 0 Å². The summed E-state index contributed by atoms with van der Waals surface area (Å²) in [5, 5.41) is 5.40. The van der Waals surface area contributed by atoms with Crippen LogP contribution in [0.5, 0.6) is 0 Å². The first-order valence-electron chi connectivity index (χ1n) is 9.21. The first kappa shape index (κ1) is 21.9. The molecule has 152 valence electrons. The Morgan fingerprint density at radius 3 is 2.29 bits per heavy atom. The molecule has 0 aromatic heterocycles. The highest BCUT2D eigenvalue weighted by Crippen LogP contribution is 2.25. The monoisotopic (exact) mass is 407 g/mol. The zero-order valence-electron chi connectivity index (χ0n) is 16.6. The molecule has 28 heavy (non-hydrogen) atoms. The van der Waals surface area contributed by atoms with Gasteiger partial charge in [-0.2, -0.15) is 0 Å². The van der Waals surface area contributed by atoms with Gasteiger partial charge in [0.1, 0.15) is 0 Å². The second-order valence-corrected chi connectivity index (χ2v) is 8.17. The van der Waals surface area contributed by atoms with Crippen molar-refractivity contribution in [3.63, 3.8) is 0 Å². The van der Waals surface area contributed by atoms with Gasteiger partial charge in [-0.3, -0.25) is 24.1 Å².